The molecular weight excluding hydrogens is 224 g/mol. The van der Waals surface area contributed by atoms with Gasteiger partial charge >= 0.3 is 0 Å². The van der Waals surface area contributed by atoms with Gasteiger partial charge in [0, 0.05) is 25.6 Å². The first-order chi connectivity index (χ1) is 8.86. The minimum absolute atomic E-state index is 0.493. The van der Waals surface area contributed by atoms with E-state index < -0.39 is 0 Å². The zero-order chi connectivity index (χ0) is 12.4. The standard InChI is InChI=1S/C15H20N2O/c18-16-15-8-4-7-13-10-17(11-14(13)15)9-12-5-2-1-3-6-12/h1-3,5-6,13-14,18H,4,7-11H2/t13-,14+/m0/s1. The molecule has 96 valence electrons. The van der Waals surface area contributed by atoms with Gasteiger partial charge in [0.05, 0.1) is 5.71 Å². The van der Waals surface area contributed by atoms with Crippen LogP contribution in [-0.2, 0) is 6.54 Å². The van der Waals surface area contributed by atoms with Crippen LogP contribution in [-0.4, -0.2) is 28.9 Å². The molecule has 1 N–H and O–H groups in total. The highest BCUT2D eigenvalue weighted by molar-refractivity contribution is 5.87. The van der Waals surface area contributed by atoms with Gasteiger partial charge in [-0.3, -0.25) is 4.90 Å². The third-order valence-electron chi connectivity index (χ3n) is 4.33. The van der Waals surface area contributed by atoms with E-state index in [1.807, 2.05) is 0 Å². The Kier molecular flexibility index (Phi) is 3.33. The van der Waals surface area contributed by atoms with Crippen LogP contribution in [0.3, 0.4) is 0 Å². The number of hydrogen-bond acceptors (Lipinski definition) is 3. The molecule has 0 bridgehead atoms. The van der Waals surface area contributed by atoms with Gasteiger partial charge in [-0.1, -0.05) is 35.5 Å². The zero-order valence-electron chi connectivity index (χ0n) is 10.6. The van der Waals surface area contributed by atoms with E-state index in [1.165, 1.54) is 18.4 Å². The summed E-state index contributed by atoms with van der Waals surface area (Å²) in [6.07, 6.45) is 3.45. The van der Waals surface area contributed by atoms with Crippen LogP contribution < -0.4 is 0 Å². The summed E-state index contributed by atoms with van der Waals surface area (Å²) in [4.78, 5) is 2.50. The van der Waals surface area contributed by atoms with Crippen LogP contribution in [0.5, 0.6) is 0 Å². The van der Waals surface area contributed by atoms with Crippen molar-refractivity contribution < 1.29 is 5.21 Å². The van der Waals surface area contributed by atoms with Crippen molar-refractivity contribution in [2.24, 2.45) is 17.0 Å². The van der Waals surface area contributed by atoms with Crippen LogP contribution in [0.1, 0.15) is 24.8 Å². The molecule has 0 aromatic heterocycles. The maximum atomic E-state index is 9.08. The summed E-state index contributed by atoms with van der Waals surface area (Å²) in [5.41, 5.74) is 2.40. The van der Waals surface area contributed by atoms with E-state index in [9.17, 15) is 0 Å². The Bertz CT molecular complexity index is 429. The average Bonchev–Trinajstić information content (AvgIpc) is 2.82. The van der Waals surface area contributed by atoms with Crippen molar-refractivity contribution >= 4 is 5.71 Å². The van der Waals surface area contributed by atoms with E-state index in [-0.39, 0.29) is 0 Å². The van der Waals surface area contributed by atoms with Crippen LogP contribution in [0.15, 0.2) is 35.5 Å². The highest BCUT2D eigenvalue weighted by Crippen LogP contribution is 2.35. The molecule has 0 spiro atoms. The first-order valence-electron chi connectivity index (χ1n) is 6.84. The van der Waals surface area contributed by atoms with Gasteiger partial charge in [-0.15, -0.1) is 0 Å². The van der Waals surface area contributed by atoms with Gasteiger partial charge in [-0.25, -0.2) is 0 Å². The van der Waals surface area contributed by atoms with Gasteiger partial charge in [-0.2, -0.15) is 0 Å². The fourth-order valence-corrected chi connectivity index (χ4v) is 3.46. The molecule has 2 fully saturated rings. The molecule has 2 aliphatic rings. The molecule has 1 aromatic rings. The van der Waals surface area contributed by atoms with Crippen molar-refractivity contribution in [3.63, 3.8) is 0 Å². The molecule has 1 saturated heterocycles. The molecule has 1 aliphatic carbocycles. The molecule has 0 unspecified atom stereocenters. The van der Waals surface area contributed by atoms with E-state index in [4.69, 9.17) is 5.21 Å². The van der Waals surface area contributed by atoms with Crippen molar-refractivity contribution in [1.82, 2.24) is 4.90 Å². The molecular formula is C15H20N2O. The van der Waals surface area contributed by atoms with E-state index in [2.05, 4.69) is 40.4 Å². The fourth-order valence-electron chi connectivity index (χ4n) is 3.46. The SMILES string of the molecule is ON=C1CCC[C@H]2CN(Cc3ccccc3)C[C@@H]12. The third-order valence-corrected chi connectivity index (χ3v) is 4.33. The lowest BCUT2D eigenvalue weighted by Crippen LogP contribution is -2.27. The van der Waals surface area contributed by atoms with Crippen LogP contribution in [0.25, 0.3) is 0 Å². The molecule has 1 aliphatic heterocycles. The second kappa shape index (κ2) is 5.11. The number of oxime groups is 1. The minimum atomic E-state index is 0.493. The smallest absolute Gasteiger partial charge is 0.0617 e. The fraction of sp³-hybridized carbons (Fsp3) is 0.533. The van der Waals surface area contributed by atoms with Gasteiger partial charge in [0.15, 0.2) is 0 Å². The number of nitrogens with zero attached hydrogens (tertiary/aromatic N) is 2. The molecule has 1 heterocycles. The Morgan fingerprint density at radius 1 is 1.22 bits per heavy atom. The normalized spacial score (nSPS) is 30.6. The Hall–Kier alpha value is -1.35. The van der Waals surface area contributed by atoms with Gasteiger partial charge in [0.2, 0.25) is 0 Å². The first-order valence-corrected chi connectivity index (χ1v) is 6.84. The van der Waals surface area contributed by atoms with Crippen molar-refractivity contribution in [1.29, 1.82) is 0 Å². The summed E-state index contributed by atoms with van der Waals surface area (Å²) in [6.45, 7) is 3.23. The maximum Gasteiger partial charge on any atom is 0.0617 e. The Balaban J connectivity index is 1.67. The predicted octanol–water partition coefficient (Wildman–Crippen LogP) is 2.75. The lowest BCUT2D eigenvalue weighted by Gasteiger charge is -2.24. The van der Waals surface area contributed by atoms with Crippen LogP contribution in [0.2, 0.25) is 0 Å². The van der Waals surface area contributed by atoms with E-state index in [0.29, 0.717) is 11.8 Å². The lowest BCUT2D eigenvalue weighted by atomic mass is 9.80. The van der Waals surface area contributed by atoms with Crippen molar-refractivity contribution in [2.75, 3.05) is 13.1 Å². The topological polar surface area (TPSA) is 35.8 Å². The second-order valence-corrected chi connectivity index (χ2v) is 5.53. The van der Waals surface area contributed by atoms with Crippen LogP contribution in [0.4, 0.5) is 0 Å². The summed E-state index contributed by atoms with van der Waals surface area (Å²) >= 11 is 0. The Morgan fingerprint density at radius 2 is 2.06 bits per heavy atom. The molecule has 0 amide bonds. The summed E-state index contributed by atoms with van der Waals surface area (Å²) in [7, 11) is 0. The Labute approximate surface area is 108 Å². The molecule has 0 radical (unpaired) electrons. The second-order valence-electron chi connectivity index (χ2n) is 5.53. The molecule has 3 nitrogen and oxygen atoms in total. The first kappa shape index (κ1) is 11.7. The van der Waals surface area contributed by atoms with Crippen molar-refractivity contribution in [3.8, 4) is 0 Å². The third kappa shape index (κ3) is 2.27. The largest absolute Gasteiger partial charge is 0.411 e. The van der Waals surface area contributed by atoms with Crippen LogP contribution in [0, 0.1) is 11.8 Å². The monoisotopic (exact) mass is 244 g/mol. The minimum Gasteiger partial charge on any atom is -0.411 e. The predicted molar refractivity (Wildman–Crippen MR) is 71.8 cm³/mol. The number of fused-ring (bicyclic) bond motifs is 1. The van der Waals surface area contributed by atoms with Gasteiger partial charge in [0.1, 0.15) is 0 Å². The van der Waals surface area contributed by atoms with Crippen molar-refractivity contribution in [2.45, 2.75) is 25.8 Å². The molecule has 3 heteroatoms. The average molecular weight is 244 g/mol. The summed E-state index contributed by atoms with van der Waals surface area (Å²) in [5, 5.41) is 12.6. The summed E-state index contributed by atoms with van der Waals surface area (Å²) in [5.74, 6) is 1.20. The van der Waals surface area contributed by atoms with Crippen molar-refractivity contribution in [3.05, 3.63) is 35.9 Å². The highest BCUT2D eigenvalue weighted by atomic mass is 16.4. The summed E-state index contributed by atoms with van der Waals surface area (Å²) in [6, 6.07) is 10.6. The molecule has 1 saturated carbocycles. The number of likely N-dealkylation sites (tertiary alicyclic amines) is 1. The van der Waals surface area contributed by atoms with Gasteiger partial charge in [0.25, 0.3) is 0 Å². The van der Waals surface area contributed by atoms with E-state index in [1.54, 1.807) is 0 Å². The number of hydrogen-bond donors (Lipinski definition) is 1. The molecule has 3 rings (SSSR count). The zero-order valence-corrected chi connectivity index (χ0v) is 10.6. The van der Waals surface area contributed by atoms with Gasteiger partial charge < -0.3 is 5.21 Å². The van der Waals surface area contributed by atoms with E-state index in [0.717, 1.165) is 31.8 Å². The molecule has 1 aromatic carbocycles. The highest BCUT2D eigenvalue weighted by Gasteiger charge is 2.38. The van der Waals surface area contributed by atoms with Gasteiger partial charge in [-0.05, 0) is 30.7 Å². The number of benzene rings is 1. The summed E-state index contributed by atoms with van der Waals surface area (Å²) < 4.78 is 0. The molecule has 18 heavy (non-hydrogen) atoms. The molecule has 2 atom stereocenters. The van der Waals surface area contributed by atoms with E-state index >= 15 is 0 Å². The Morgan fingerprint density at radius 3 is 2.83 bits per heavy atom. The van der Waals surface area contributed by atoms with Crippen LogP contribution >= 0.6 is 0 Å². The maximum absolute atomic E-state index is 9.08. The lowest BCUT2D eigenvalue weighted by molar-refractivity contribution is 0.304. The quantitative estimate of drug-likeness (QED) is 0.641. The number of rotatable bonds is 2.